The highest BCUT2D eigenvalue weighted by molar-refractivity contribution is 5.63. The van der Waals surface area contributed by atoms with Crippen LogP contribution in [0.3, 0.4) is 0 Å². The van der Waals surface area contributed by atoms with Gasteiger partial charge in [-0.1, -0.05) is 6.92 Å². The van der Waals surface area contributed by atoms with Crippen molar-refractivity contribution in [3.8, 4) is 11.4 Å². The van der Waals surface area contributed by atoms with Crippen molar-refractivity contribution in [2.75, 3.05) is 5.73 Å². The first-order valence-corrected chi connectivity index (χ1v) is 5.88. The van der Waals surface area contributed by atoms with Gasteiger partial charge in [-0.3, -0.25) is 0 Å². The largest absolute Gasteiger partial charge is 0.399 e. The highest BCUT2D eigenvalue weighted by Gasteiger charge is 2.11. The fourth-order valence-electron chi connectivity index (χ4n) is 1.94. The minimum Gasteiger partial charge on any atom is -0.399 e. The lowest BCUT2D eigenvalue weighted by Gasteiger charge is -2.05. The van der Waals surface area contributed by atoms with Crippen LogP contribution in [0.2, 0.25) is 0 Å². The normalized spacial score (nSPS) is 10.8. The van der Waals surface area contributed by atoms with E-state index in [-0.39, 0.29) is 0 Å². The van der Waals surface area contributed by atoms with Crippen molar-refractivity contribution < 1.29 is 0 Å². The SMILES string of the molecule is CCCc1nc(-c2ccc(N)cc2C)n(C)n1. The summed E-state index contributed by atoms with van der Waals surface area (Å²) in [5.74, 6) is 1.81. The van der Waals surface area contributed by atoms with Gasteiger partial charge in [-0.15, -0.1) is 0 Å². The van der Waals surface area contributed by atoms with Gasteiger partial charge in [0.2, 0.25) is 0 Å². The fraction of sp³-hybridized carbons (Fsp3) is 0.385. The van der Waals surface area contributed by atoms with Gasteiger partial charge in [0.15, 0.2) is 11.6 Å². The van der Waals surface area contributed by atoms with Crippen molar-refractivity contribution in [2.24, 2.45) is 7.05 Å². The zero-order valence-electron chi connectivity index (χ0n) is 10.6. The highest BCUT2D eigenvalue weighted by atomic mass is 15.3. The van der Waals surface area contributed by atoms with Gasteiger partial charge in [0.1, 0.15) is 0 Å². The van der Waals surface area contributed by atoms with Crippen LogP contribution in [0.4, 0.5) is 5.69 Å². The molecule has 0 atom stereocenters. The van der Waals surface area contributed by atoms with Gasteiger partial charge < -0.3 is 5.73 Å². The van der Waals surface area contributed by atoms with E-state index in [1.165, 1.54) is 0 Å². The van der Waals surface area contributed by atoms with E-state index in [0.29, 0.717) is 0 Å². The number of hydrogen-bond donors (Lipinski definition) is 1. The molecule has 4 heteroatoms. The number of aryl methyl sites for hydroxylation is 3. The quantitative estimate of drug-likeness (QED) is 0.823. The van der Waals surface area contributed by atoms with E-state index in [0.717, 1.165) is 41.3 Å². The van der Waals surface area contributed by atoms with E-state index >= 15 is 0 Å². The van der Waals surface area contributed by atoms with E-state index < -0.39 is 0 Å². The lowest BCUT2D eigenvalue weighted by molar-refractivity contribution is 0.737. The average molecular weight is 230 g/mol. The number of nitrogens with zero attached hydrogens (tertiary/aromatic N) is 3. The van der Waals surface area contributed by atoms with Crippen molar-refractivity contribution in [1.29, 1.82) is 0 Å². The molecule has 0 aliphatic heterocycles. The molecule has 90 valence electrons. The maximum atomic E-state index is 5.75. The predicted octanol–water partition coefficient (Wildman–Crippen LogP) is 2.33. The summed E-state index contributed by atoms with van der Waals surface area (Å²) in [6.45, 7) is 4.17. The second kappa shape index (κ2) is 4.57. The van der Waals surface area contributed by atoms with Crippen molar-refractivity contribution in [3.05, 3.63) is 29.6 Å². The smallest absolute Gasteiger partial charge is 0.158 e. The minimum atomic E-state index is 0.780. The summed E-state index contributed by atoms with van der Waals surface area (Å²) < 4.78 is 1.84. The zero-order valence-corrected chi connectivity index (χ0v) is 10.6. The standard InChI is InChI=1S/C13H18N4/c1-4-5-12-15-13(17(3)16-12)11-7-6-10(14)8-9(11)2/h6-8H,4-5,14H2,1-3H3. The van der Waals surface area contributed by atoms with Gasteiger partial charge in [0.05, 0.1) is 0 Å². The van der Waals surface area contributed by atoms with Gasteiger partial charge in [-0.05, 0) is 37.1 Å². The predicted molar refractivity (Wildman–Crippen MR) is 69.6 cm³/mol. The first-order chi connectivity index (χ1) is 8.11. The molecule has 1 aromatic carbocycles. The molecular formula is C13H18N4. The minimum absolute atomic E-state index is 0.780. The number of anilines is 1. The molecule has 2 rings (SSSR count). The molecule has 0 unspecified atom stereocenters. The van der Waals surface area contributed by atoms with Crippen LogP contribution in [0, 0.1) is 6.92 Å². The molecule has 1 aromatic heterocycles. The molecule has 0 saturated carbocycles. The van der Waals surface area contributed by atoms with Crippen LogP contribution >= 0.6 is 0 Å². The Kier molecular flexibility index (Phi) is 3.13. The average Bonchev–Trinajstić information content (AvgIpc) is 2.60. The highest BCUT2D eigenvalue weighted by Crippen LogP contribution is 2.23. The molecule has 0 radical (unpaired) electrons. The molecule has 4 nitrogen and oxygen atoms in total. The van der Waals surface area contributed by atoms with Gasteiger partial charge in [0.25, 0.3) is 0 Å². The second-order valence-corrected chi connectivity index (χ2v) is 4.30. The molecule has 2 aromatic rings. The summed E-state index contributed by atoms with van der Waals surface area (Å²) in [6.07, 6.45) is 1.98. The summed E-state index contributed by atoms with van der Waals surface area (Å²) in [6, 6.07) is 5.87. The molecule has 0 bridgehead atoms. The van der Waals surface area contributed by atoms with Crippen molar-refractivity contribution in [3.63, 3.8) is 0 Å². The number of nitrogens with two attached hydrogens (primary N) is 1. The van der Waals surface area contributed by atoms with E-state index in [4.69, 9.17) is 5.73 Å². The number of rotatable bonds is 3. The van der Waals surface area contributed by atoms with Gasteiger partial charge in [0, 0.05) is 24.7 Å². The molecular weight excluding hydrogens is 212 g/mol. The van der Waals surface area contributed by atoms with E-state index in [9.17, 15) is 0 Å². The lowest BCUT2D eigenvalue weighted by atomic mass is 10.1. The van der Waals surface area contributed by atoms with Crippen LogP contribution in [0.1, 0.15) is 24.7 Å². The van der Waals surface area contributed by atoms with E-state index in [2.05, 4.69) is 17.0 Å². The number of aromatic nitrogens is 3. The van der Waals surface area contributed by atoms with Crippen LogP contribution in [0.25, 0.3) is 11.4 Å². The molecule has 1 heterocycles. The third-order valence-electron chi connectivity index (χ3n) is 2.77. The van der Waals surface area contributed by atoms with Crippen molar-refractivity contribution in [1.82, 2.24) is 14.8 Å². The van der Waals surface area contributed by atoms with Crippen LogP contribution < -0.4 is 5.73 Å². The van der Waals surface area contributed by atoms with Crippen molar-refractivity contribution >= 4 is 5.69 Å². The lowest BCUT2D eigenvalue weighted by Crippen LogP contribution is -1.97. The summed E-state index contributed by atoms with van der Waals surface area (Å²) in [7, 11) is 1.93. The maximum absolute atomic E-state index is 5.75. The molecule has 0 fully saturated rings. The maximum Gasteiger partial charge on any atom is 0.158 e. The zero-order chi connectivity index (χ0) is 12.4. The Morgan fingerprint density at radius 2 is 2.12 bits per heavy atom. The second-order valence-electron chi connectivity index (χ2n) is 4.30. The fourth-order valence-corrected chi connectivity index (χ4v) is 1.94. The Bertz CT molecular complexity index is 528. The third-order valence-corrected chi connectivity index (χ3v) is 2.77. The summed E-state index contributed by atoms with van der Waals surface area (Å²) in [5.41, 5.74) is 8.76. The topological polar surface area (TPSA) is 56.7 Å². The van der Waals surface area contributed by atoms with E-state index in [1.807, 2.05) is 36.9 Å². The Balaban J connectivity index is 2.45. The molecule has 0 aliphatic carbocycles. The van der Waals surface area contributed by atoms with Crippen LogP contribution in [-0.2, 0) is 13.5 Å². The summed E-state index contributed by atoms with van der Waals surface area (Å²) in [4.78, 5) is 4.57. The van der Waals surface area contributed by atoms with Crippen LogP contribution in [0.15, 0.2) is 18.2 Å². The first kappa shape index (κ1) is 11.6. The van der Waals surface area contributed by atoms with Gasteiger partial charge in [-0.25, -0.2) is 9.67 Å². The number of hydrogen-bond acceptors (Lipinski definition) is 3. The Labute approximate surface area is 101 Å². The number of nitrogen functional groups attached to an aromatic ring is 1. The van der Waals surface area contributed by atoms with E-state index in [1.54, 1.807) is 0 Å². The monoisotopic (exact) mass is 230 g/mol. The Morgan fingerprint density at radius 3 is 2.76 bits per heavy atom. The molecule has 0 spiro atoms. The van der Waals surface area contributed by atoms with Crippen LogP contribution in [-0.4, -0.2) is 14.8 Å². The third kappa shape index (κ3) is 2.30. The van der Waals surface area contributed by atoms with Gasteiger partial charge in [-0.2, -0.15) is 5.10 Å². The van der Waals surface area contributed by atoms with Crippen LogP contribution in [0.5, 0.6) is 0 Å². The summed E-state index contributed by atoms with van der Waals surface area (Å²) in [5, 5.41) is 4.41. The molecule has 0 amide bonds. The Morgan fingerprint density at radius 1 is 1.35 bits per heavy atom. The molecule has 2 N–H and O–H groups in total. The van der Waals surface area contributed by atoms with Gasteiger partial charge >= 0.3 is 0 Å². The van der Waals surface area contributed by atoms with Crippen molar-refractivity contribution in [2.45, 2.75) is 26.7 Å². The first-order valence-electron chi connectivity index (χ1n) is 5.88. The summed E-state index contributed by atoms with van der Waals surface area (Å²) >= 11 is 0. The molecule has 17 heavy (non-hydrogen) atoms. The Hall–Kier alpha value is -1.84. The molecule has 0 aliphatic rings. The molecule has 0 saturated heterocycles. The number of benzene rings is 1.